The molecule has 0 saturated carbocycles. The van der Waals surface area contributed by atoms with Crippen molar-refractivity contribution in [3.8, 4) is 17.2 Å². The van der Waals surface area contributed by atoms with Crippen molar-refractivity contribution in [3.63, 3.8) is 0 Å². The van der Waals surface area contributed by atoms with E-state index in [1.54, 1.807) is 111 Å². The Morgan fingerprint density at radius 1 is 0.667 bits per heavy atom. The minimum Gasteiger partial charge on any atom is -0.496 e. The first-order valence-electron chi connectivity index (χ1n) is 13.0. The maximum atomic E-state index is 13.3. The number of methoxy groups -OCH3 is 3. The fraction of sp³-hybridized carbons (Fsp3) is 0.0882. The quantitative estimate of drug-likeness (QED) is 0.171. The van der Waals surface area contributed by atoms with Crippen LogP contribution in [0.1, 0.15) is 31.8 Å². The molecule has 0 fully saturated rings. The van der Waals surface area contributed by atoms with Gasteiger partial charge in [-0.25, -0.2) is 0 Å². The zero-order valence-electron chi connectivity index (χ0n) is 23.4. The molecule has 42 heavy (non-hydrogen) atoms. The van der Waals surface area contributed by atoms with Gasteiger partial charge in [-0.15, -0.1) is 0 Å². The molecule has 2 amide bonds. The summed E-state index contributed by atoms with van der Waals surface area (Å²) in [6.07, 6.45) is 4.69. The van der Waals surface area contributed by atoms with Crippen molar-refractivity contribution in [1.29, 1.82) is 0 Å². The van der Waals surface area contributed by atoms with Gasteiger partial charge in [0.2, 0.25) is 0 Å². The van der Waals surface area contributed by atoms with Gasteiger partial charge in [0.15, 0.2) is 17.3 Å². The molecule has 0 heterocycles. The number of hydrogen-bond acceptors (Lipinski definition) is 6. The van der Waals surface area contributed by atoms with E-state index >= 15 is 0 Å². The van der Waals surface area contributed by atoms with E-state index in [-0.39, 0.29) is 11.5 Å². The molecule has 4 rings (SSSR count). The van der Waals surface area contributed by atoms with Crippen molar-refractivity contribution in [2.45, 2.75) is 0 Å². The second-order valence-electron chi connectivity index (χ2n) is 8.96. The summed E-state index contributed by atoms with van der Waals surface area (Å²) in [6, 6.07) is 27.6. The average Bonchev–Trinajstić information content (AvgIpc) is 3.04. The number of nitrogens with one attached hydrogen (secondary N) is 2. The molecule has 8 heteroatoms. The molecule has 0 unspecified atom stereocenters. The van der Waals surface area contributed by atoms with Gasteiger partial charge in [-0.3, -0.25) is 14.4 Å². The van der Waals surface area contributed by atoms with Crippen LogP contribution in [0.15, 0.2) is 109 Å². The van der Waals surface area contributed by atoms with Gasteiger partial charge in [0, 0.05) is 22.4 Å². The van der Waals surface area contributed by atoms with Crippen LogP contribution in [0.5, 0.6) is 17.2 Å². The van der Waals surface area contributed by atoms with Crippen LogP contribution in [0, 0.1) is 0 Å². The third-order valence-electron chi connectivity index (χ3n) is 6.23. The van der Waals surface area contributed by atoms with Crippen molar-refractivity contribution < 1.29 is 28.6 Å². The third-order valence-corrected chi connectivity index (χ3v) is 6.23. The van der Waals surface area contributed by atoms with Gasteiger partial charge >= 0.3 is 0 Å². The van der Waals surface area contributed by atoms with E-state index in [4.69, 9.17) is 14.2 Å². The molecular weight excluding hydrogens is 532 g/mol. The lowest BCUT2D eigenvalue weighted by Gasteiger charge is -2.13. The maximum Gasteiger partial charge on any atom is 0.272 e. The Bertz CT molecular complexity index is 1630. The van der Waals surface area contributed by atoms with Crippen LogP contribution < -0.4 is 24.8 Å². The molecule has 0 bridgehead atoms. The number of carbonyl (C=O) groups excluding carboxylic acids is 3. The highest BCUT2D eigenvalue weighted by Crippen LogP contribution is 2.28. The number of benzene rings is 4. The fourth-order valence-corrected chi connectivity index (χ4v) is 4.02. The van der Waals surface area contributed by atoms with Crippen LogP contribution in [-0.4, -0.2) is 38.9 Å². The summed E-state index contributed by atoms with van der Waals surface area (Å²) in [6.45, 7) is 0. The van der Waals surface area contributed by atoms with Crippen LogP contribution in [0.2, 0.25) is 0 Å². The average molecular weight is 563 g/mol. The monoisotopic (exact) mass is 562 g/mol. The summed E-state index contributed by atoms with van der Waals surface area (Å²) >= 11 is 0. The van der Waals surface area contributed by atoms with Crippen LogP contribution >= 0.6 is 0 Å². The van der Waals surface area contributed by atoms with Gasteiger partial charge in [-0.2, -0.15) is 0 Å². The van der Waals surface area contributed by atoms with Crippen LogP contribution in [0.3, 0.4) is 0 Å². The smallest absolute Gasteiger partial charge is 0.272 e. The van der Waals surface area contributed by atoms with Crippen LogP contribution in [0.25, 0.3) is 12.2 Å². The Labute approximate surface area is 244 Å². The second-order valence-corrected chi connectivity index (χ2v) is 8.96. The molecule has 4 aromatic carbocycles. The second kappa shape index (κ2) is 14.1. The normalized spacial score (nSPS) is 11.1. The molecule has 0 atom stereocenters. The Morgan fingerprint density at radius 3 is 2.02 bits per heavy atom. The van der Waals surface area contributed by atoms with Crippen molar-refractivity contribution in [1.82, 2.24) is 5.32 Å². The van der Waals surface area contributed by atoms with E-state index in [0.29, 0.717) is 39.6 Å². The van der Waals surface area contributed by atoms with E-state index in [1.807, 2.05) is 12.1 Å². The first-order chi connectivity index (χ1) is 20.4. The van der Waals surface area contributed by atoms with Gasteiger partial charge < -0.3 is 24.8 Å². The molecule has 0 aliphatic heterocycles. The third kappa shape index (κ3) is 7.51. The molecule has 4 aromatic rings. The molecule has 0 saturated heterocycles. The largest absolute Gasteiger partial charge is 0.496 e. The molecule has 8 nitrogen and oxygen atoms in total. The molecule has 0 aliphatic carbocycles. The minimum atomic E-state index is -0.544. The molecule has 212 valence electrons. The molecule has 0 radical (unpaired) electrons. The predicted octanol–water partition coefficient (Wildman–Crippen LogP) is 6.02. The van der Waals surface area contributed by atoms with Gasteiger partial charge in [0.1, 0.15) is 11.4 Å². The van der Waals surface area contributed by atoms with Crippen molar-refractivity contribution in [2.24, 2.45) is 0 Å². The highest BCUT2D eigenvalue weighted by atomic mass is 16.5. The summed E-state index contributed by atoms with van der Waals surface area (Å²) in [4.78, 5) is 39.0. The number of amides is 2. The first kappa shape index (κ1) is 29.4. The van der Waals surface area contributed by atoms with Crippen LogP contribution in [-0.2, 0) is 4.79 Å². The van der Waals surface area contributed by atoms with Crippen LogP contribution in [0.4, 0.5) is 5.69 Å². The Kier molecular flexibility index (Phi) is 9.88. The van der Waals surface area contributed by atoms with Crippen molar-refractivity contribution >= 4 is 35.4 Å². The number of ketones is 1. The summed E-state index contributed by atoms with van der Waals surface area (Å²) in [5, 5.41) is 5.49. The lowest BCUT2D eigenvalue weighted by Crippen LogP contribution is -2.30. The summed E-state index contributed by atoms with van der Waals surface area (Å²) < 4.78 is 16.0. The van der Waals surface area contributed by atoms with E-state index < -0.39 is 11.8 Å². The fourth-order valence-electron chi connectivity index (χ4n) is 4.02. The van der Waals surface area contributed by atoms with Gasteiger partial charge in [-0.05, 0) is 72.3 Å². The molecule has 0 spiro atoms. The molecule has 0 aromatic heterocycles. The lowest BCUT2D eigenvalue weighted by atomic mass is 10.1. The minimum absolute atomic E-state index is 0.0198. The van der Waals surface area contributed by atoms with E-state index in [9.17, 15) is 14.4 Å². The van der Waals surface area contributed by atoms with Crippen molar-refractivity contribution in [2.75, 3.05) is 26.6 Å². The topological polar surface area (TPSA) is 103 Å². The highest BCUT2D eigenvalue weighted by molar-refractivity contribution is 6.11. The van der Waals surface area contributed by atoms with Gasteiger partial charge in [0.25, 0.3) is 11.8 Å². The Hall–Kier alpha value is -5.63. The molecular formula is C34H30N2O6. The highest BCUT2D eigenvalue weighted by Gasteiger charge is 2.16. The summed E-state index contributed by atoms with van der Waals surface area (Å²) in [7, 11) is 4.63. The number of allylic oxidation sites excluding steroid dienone is 1. The summed E-state index contributed by atoms with van der Waals surface area (Å²) in [5.41, 5.74) is 2.69. The maximum absolute atomic E-state index is 13.3. The van der Waals surface area contributed by atoms with Crippen molar-refractivity contribution in [3.05, 3.63) is 131 Å². The predicted molar refractivity (Wildman–Crippen MR) is 163 cm³/mol. The zero-order valence-corrected chi connectivity index (χ0v) is 23.4. The van der Waals surface area contributed by atoms with E-state index in [0.717, 1.165) is 5.56 Å². The molecule has 0 aliphatic rings. The Morgan fingerprint density at radius 2 is 1.33 bits per heavy atom. The number of para-hydroxylation sites is 1. The number of ether oxygens (including phenoxy) is 3. The SMILES string of the molecule is COc1ccccc1/C=C(\NC(=O)c1ccccc1)C(=O)Nc1ccc(C(=O)/C=C/c2ccc(OC)c(OC)c2)cc1. The lowest BCUT2D eigenvalue weighted by molar-refractivity contribution is -0.113. The standard InChI is InChI=1S/C34H30N2O6/c1-40-30-12-8-7-11-26(30)22-28(36-33(38)25-9-5-4-6-10-25)34(39)35-27-17-15-24(16-18-27)29(37)19-13-23-14-20-31(41-2)32(21-23)42-3/h4-22H,1-3H3,(H,35,39)(H,36,38)/b19-13+,28-22-. The number of carbonyl (C=O) groups is 3. The zero-order chi connectivity index (χ0) is 29.9. The number of rotatable bonds is 11. The Balaban J connectivity index is 1.50. The molecule has 2 N–H and O–H groups in total. The van der Waals surface area contributed by atoms with Gasteiger partial charge in [0.05, 0.1) is 21.3 Å². The number of anilines is 1. The van der Waals surface area contributed by atoms with Gasteiger partial charge in [-0.1, -0.05) is 48.5 Å². The van der Waals surface area contributed by atoms with E-state index in [1.165, 1.54) is 13.2 Å². The van der Waals surface area contributed by atoms with E-state index in [2.05, 4.69) is 10.6 Å². The first-order valence-corrected chi connectivity index (χ1v) is 13.0. The number of hydrogen-bond donors (Lipinski definition) is 2. The summed E-state index contributed by atoms with van der Waals surface area (Å²) in [5.74, 6) is 0.507.